The molecule has 0 aliphatic carbocycles. The van der Waals surface area contributed by atoms with Gasteiger partial charge in [-0.15, -0.1) is 0 Å². The molecule has 2 N–H and O–H groups in total. The molecule has 1 atom stereocenters. The Hall–Kier alpha value is -2.18. The van der Waals surface area contributed by atoms with E-state index < -0.39 is 6.04 Å². The summed E-state index contributed by atoms with van der Waals surface area (Å²) in [5.74, 6) is 0.726. The molecule has 0 aliphatic rings. The highest BCUT2D eigenvalue weighted by Gasteiger charge is 2.21. The monoisotopic (exact) mass is 406 g/mol. The molecule has 2 rings (SSSR count). The number of nitrogens with one attached hydrogen (secondary N) is 2. The second-order valence-corrected chi connectivity index (χ2v) is 7.37. The number of ether oxygens (including phenoxy) is 1. The summed E-state index contributed by atoms with van der Waals surface area (Å²) in [6, 6.07) is 13.7. The number of thioether (sulfide) groups is 1. The summed E-state index contributed by atoms with van der Waals surface area (Å²) in [5.41, 5.74) is 1.53. The molecule has 1 unspecified atom stereocenters. The van der Waals surface area contributed by atoms with Gasteiger partial charge in [0.1, 0.15) is 11.8 Å². The molecule has 0 saturated carbocycles. The molecule has 0 aromatic heterocycles. The first-order chi connectivity index (χ1) is 13.0. The molecule has 0 saturated heterocycles. The third-order valence-electron chi connectivity index (χ3n) is 3.83. The molecule has 0 bridgehead atoms. The van der Waals surface area contributed by atoms with Gasteiger partial charge in [0.2, 0.25) is 5.91 Å². The number of benzene rings is 2. The summed E-state index contributed by atoms with van der Waals surface area (Å²) in [6.07, 6.45) is 2.47. The van der Waals surface area contributed by atoms with E-state index in [0.29, 0.717) is 22.9 Å². The van der Waals surface area contributed by atoms with Gasteiger partial charge in [0.15, 0.2) is 6.61 Å². The number of para-hydroxylation sites is 1. The predicted octanol–water partition coefficient (Wildman–Crippen LogP) is 3.90. The SMILES string of the molecule is CSCCC(NC(=O)COc1ccccc1)C(=O)Nc1cc(Cl)ccc1C. The largest absolute Gasteiger partial charge is 0.484 e. The zero-order valence-corrected chi connectivity index (χ0v) is 16.9. The maximum atomic E-state index is 12.7. The molecule has 7 heteroatoms. The van der Waals surface area contributed by atoms with Crippen molar-refractivity contribution in [3.05, 3.63) is 59.1 Å². The smallest absolute Gasteiger partial charge is 0.258 e. The van der Waals surface area contributed by atoms with E-state index in [1.165, 1.54) is 0 Å². The van der Waals surface area contributed by atoms with E-state index >= 15 is 0 Å². The number of aryl methyl sites for hydroxylation is 1. The Morgan fingerprint density at radius 3 is 2.63 bits per heavy atom. The number of halogens is 1. The minimum absolute atomic E-state index is 0.150. The average Bonchev–Trinajstić information content (AvgIpc) is 2.67. The van der Waals surface area contributed by atoms with Crippen LogP contribution in [0.15, 0.2) is 48.5 Å². The van der Waals surface area contributed by atoms with E-state index in [1.54, 1.807) is 36.0 Å². The number of carbonyl (C=O) groups excluding carboxylic acids is 2. The van der Waals surface area contributed by atoms with Gasteiger partial charge in [-0.05, 0) is 55.2 Å². The molecule has 0 spiro atoms. The van der Waals surface area contributed by atoms with Crippen LogP contribution in [-0.4, -0.2) is 36.5 Å². The molecule has 2 aromatic carbocycles. The lowest BCUT2D eigenvalue weighted by molar-refractivity contribution is -0.127. The molecule has 2 aromatic rings. The second kappa shape index (κ2) is 10.8. The van der Waals surface area contributed by atoms with Crippen LogP contribution in [-0.2, 0) is 9.59 Å². The van der Waals surface area contributed by atoms with Crippen LogP contribution in [0.4, 0.5) is 5.69 Å². The maximum absolute atomic E-state index is 12.7. The Morgan fingerprint density at radius 2 is 1.93 bits per heavy atom. The average molecular weight is 407 g/mol. The summed E-state index contributed by atoms with van der Waals surface area (Å²) < 4.78 is 5.44. The molecule has 2 amide bonds. The van der Waals surface area contributed by atoms with E-state index in [2.05, 4.69) is 10.6 Å². The quantitative estimate of drug-likeness (QED) is 0.662. The second-order valence-electron chi connectivity index (χ2n) is 5.95. The van der Waals surface area contributed by atoms with E-state index in [4.69, 9.17) is 16.3 Å². The summed E-state index contributed by atoms with van der Waals surface area (Å²) in [6.45, 7) is 1.73. The lowest BCUT2D eigenvalue weighted by Crippen LogP contribution is -2.46. The Bertz CT molecular complexity index is 771. The first-order valence-corrected chi connectivity index (χ1v) is 10.3. The lowest BCUT2D eigenvalue weighted by atomic mass is 10.1. The van der Waals surface area contributed by atoms with Gasteiger partial charge in [-0.1, -0.05) is 35.9 Å². The fourth-order valence-electron chi connectivity index (χ4n) is 2.35. The zero-order valence-electron chi connectivity index (χ0n) is 15.3. The van der Waals surface area contributed by atoms with Crippen LogP contribution in [0.5, 0.6) is 5.75 Å². The first kappa shape index (κ1) is 21.1. The number of rotatable bonds is 9. The zero-order chi connectivity index (χ0) is 19.6. The minimum Gasteiger partial charge on any atom is -0.484 e. The molecule has 5 nitrogen and oxygen atoms in total. The van der Waals surface area contributed by atoms with Crippen LogP contribution in [0, 0.1) is 6.92 Å². The highest BCUT2D eigenvalue weighted by atomic mass is 35.5. The van der Waals surface area contributed by atoms with Gasteiger partial charge in [0.05, 0.1) is 0 Å². The van der Waals surface area contributed by atoms with E-state index in [1.807, 2.05) is 37.4 Å². The number of carbonyl (C=O) groups is 2. The van der Waals surface area contributed by atoms with Crippen LogP contribution in [0.1, 0.15) is 12.0 Å². The van der Waals surface area contributed by atoms with Crippen LogP contribution in [0.25, 0.3) is 0 Å². The van der Waals surface area contributed by atoms with Crippen molar-refractivity contribution in [2.24, 2.45) is 0 Å². The van der Waals surface area contributed by atoms with E-state index in [-0.39, 0.29) is 18.4 Å². The summed E-state index contributed by atoms with van der Waals surface area (Å²) in [4.78, 5) is 24.9. The van der Waals surface area contributed by atoms with Crippen LogP contribution >= 0.6 is 23.4 Å². The van der Waals surface area contributed by atoms with Gasteiger partial charge in [-0.2, -0.15) is 11.8 Å². The Morgan fingerprint density at radius 1 is 1.19 bits per heavy atom. The van der Waals surface area contributed by atoms with Gasteiger partial charge in [0.25, 0.3) is 5.91 Å². The van der Waals surface area contributed by atoms with Gasteiger partial charge in [-0.3, -0.25) is 9.59 Å². The summed E-state index contributed by atoms with van der Waals surface area (Å²) >= 11 is 7.62. The van der Waals surface area contributed by atoms with Gasteiger partial charge in [-0.25, -0.2) is 0 Å². The fourth-order valence-corrected chi connectivity index (χ4v) is 3.00. The van der Waals surface area contributed by atoms with Crippen molar-refractivity contribution in [2.75, 3.05) is 23.9 Å². The molecule has 144 valence electrons. The van der Waals surface area contributed by atoms with Crippen molar-refractivity contribution in [1.29, 1.82) is 0 Å². The van der Waals surface area contributed by atoms with Crippen molar-refractivity contribution in [1.82, 2.24) is 5.32 Å². The molecular formula is C20H23ClN2O3S. The normalized spacial score (nSPS) is 11.5. The van der Waals surface area contributed by atoms with Crippen molar-refractivity contribution < 1.29 is 14.3 Å². The number of hydrogen-bond acceptors (Lipinski definition) is 4. The topological polar surface area (TPSA) is 67.4 Å². The number of amides is 2. The molecule has 0 radical (unpaired) electrons. The standard InChI is InChI=1S/C20H23ClN2O3S/c1-14-8-9-15(21)12-18(14)23-20(25)17(10-11-27-2)22-19(24)13-26-16-6-4-3-5-7-16/h3-9,12,17H,10-11,13H2,1-2H3,(H,22,24)(H,23,25). The predicted molar refractivity (Wildman–Crippen MR) is 112 cm³/mol. The Labute approximate surface area is 168 Å². The molecular weight excluding hydrogens is 384 g/mol. The highest BCUT2D eigenvalue weighted by Crippen LogP contribution is 2.20. The third kappa shape index (κ3) is 7.15. The molecule has 27 heavy (non-hydrogen) atoms. The Balaban J connectivity index is 1.97. The highest BCUT2D eigenvalue weighted by molar-refractivity contribution is 7.98. The van der Waals surface area contributed by atoms with Gasteiger partial charge >= 0.3 is 0 Å². The van der Waals surface area contributed by atoms with E-state index in [0.717, 1.165) is 11.3 Å². The first-order valence-electron chi connectivity index (χ1n) is 8.52. The Kier molecular flexibility index (Phi) is 8.48. The number of anilines is 1. The number of hydrogen-bond donors (Lipinski definition) is 2. The summed E-state index contributed by atoms with van der Waals surface area (Å²) in [5, 5.41) is 6.14. The van der Waals surface area contributed by atoms with E-state index in [9.17, 15) is 9.59 Å². The van der Waals surface area contributed by atoms with Crippen molar-refractivity contribution in [3.8, 4) is 5.75 Å². The third-order valence-corrected chi connectivity index (χ3v) is 4.71. The fraction of sp³-hybridized carbons (Fsp3) is 0.300. The molecule has 0 aliphatic heterocycles. The lowest BCUT2D eigenvalue weighted by Gasteiger charge is -2.19. The minimum atomic E-state index is -0.650. The van der Waals surface area contributed by atoms with Crippen LogP contribution < -0.4 is 15.4 Å². The molecule has 0 fully saturated rings. The van der Waals surface area contributed by atoms with Crippen molar-refractivity contribution in [2.45, 2.75) is 19.4 Å². The van der Waals surface area contributed by atoms with Crippen LogP contribution in [0.3, 0.4) is 0 Å². The van der Waals surface area contributed by atoms with Crippen LogP contribution in [0.2, 0.25) is 5.02 Å². The van der Waals surface area contributed by atoms with Crippen molar-refractivity contribution >= 4 is 40.9 Å². The van der Waals surface area contributed by atoms with Gasteiger partial charge < -0.3 is 15.4 Å². The maximum Gasteiger partial charge on any atom is 0.258 e. The van der Waals surface area contributed by atoms with Gasteiger partial charge in [0, 0.05) is 10.7 Å². The molecule has 0 heterocycles. The van der Waals surface area contributed by atoms with Crippen molar-refractivity contribution in [3.63, 3.8) is 0 Å². The summed E-state index contributed by atoms with van der Waals surface area (Å²) in [7, 11) is 0.